The van der Waals surface area contributed by atoms with Gasteiger partial charge in [-0.25, -0.2) is 5.06 Å². The summed E-state index contributed by atoms with van der Waals surface area (Å²) in [6.45, 7) is 5.49. The Hall–Kier alpha value is -0.830. The van der Waals surface area contributed by atoms with Crippen molar-refractivity contribution < 1.29 is 9.63 Å². The Morgan fingerprint density at radius 1 is 1.75 bits per heavy atom. The summed E-state index contributed by atoms with van der Waals surface area (Å²) in [6, 6.07) is 0. The van der Waals surface area contributed by atoms with Crippen LogP contribution in [0.5, 0.6) is 0 Å². The zero-order valence-corrected chi connectivity index (χ0v) is 8.04. The molecule has 0 radical (unpaired) electrons. The number of amides is 1. The van der Waals surface area contributed by atoms with Crippen LogP contribution in [-0.4, -0.2) is 25.1 Å². The molecule has 0 aromatic rings. The van der Waals surface area contributed by atoms with E-state index in [0.29, 0.717) is 0 Å². The van der Waals surface area contributed by atoms with E-state index in [1.54, 1.807) is 7.05 Å². The number of allylic oxidation sites excluding steroid dienone is 1. The molecule has 0 aliphatic rings. The van der Waals surface area contributed by atoms with Gasteiger partial charge in [0.25, 0.3) is 0 Å². The van der Waals surface area contributed by atoms with Gasteiger partial charge >= 0.3 is 0 Å². The van der Waals surface area contributed by atoms with Gasteiger partial charge in [0.15, 0.2) is 0 Å². The first kappa shape index (κ1) is 11.2. The van der Waals surface area contributed by atoms with Crippen molar-refractivity contribution in [3.8, 4) is 0 Å². The zero-order valence-electron chi connectivity index (χ0n) is 8.04. The largest absolute Gasteiger partial charge is 0.275 e. The van der Waals surface area contributed by atoms with Crippen molar-refractivity contribution in [2.24, 2.45) is 5.92 Å². The van der Waals surface area contributed by atoms with Gasteiger partial charge in [0.1, 0.15) is 0 Å². The average molecular weight is 171 g/mol. The van der Waals surface area contributed by atoms with Crippen LogP contribution in [0.15, 0.2) is 12.7 Å². The quantitative estimate of drug-likeness (QED) is 0.464. The van der Waals surface area contributed by atoms with Gasteiger partial charge in [-0.2, -0.15) is 0 Å². The van der Waals surface area contributed by atoms with Crippen molar-refractivity contribution in [1.82, 2.24) is 5.06 Å². The molecule has 0 unspecified atom stereocenters. The fraction of sp³-hybridized carbons (Fsp3) is 0.667. The van der Waals surface area contributed by atoms with Crippen LogP contribution in [0.1, 0.15) is 19.8 Å². The maximum Gasteiger partial charge on any atom is 0.248 e. The summed E-state index contributed by atoms with van der Waals surface area (Å²) in [7, 11) is 3.10. The zero-order chi connectivity index (χ0) is 9.56. The predicted octanol–water partition coefficient (Wildman–Crippen LogP) is 1.61. The average Bonchev–Trinajstić information content (AvgIpc) is 2.11. The van der Waals surface area contributed by atoms with Crippen LogP contribution >= 0.6 is 0 Å². The van der Waals surface area contributed by atoms with Gasteiger partial charge in [0.05, 0.1) is 7.11 Å². The van der Waals surface area contributed by atoms with Crippen LogP contribution in [-0.2, 0) is 9.63 Å². The first-order chi connectivity index (χ1) is 5.63. The van der Waals surface area contributed by atoms with Crippen molar-refractivity contribution in [3.05, 3.63) is 12.7 Å². The summed E-state index contributed by atoms with van der Waals surface area (Å²) in [5, 5.41) is 1.26. The molecule has 0 bridgehead atoms. The van der Waals surface area contributed by atoms with Gasteiger partial charge in [-0.15, -0.1) is 6.58 Å². The molecule has 0 aromatic carbocycles. The second-order valence-corrected chi connectivity index (χ2v) is 2.79. The molecule has 0 saturated heterocycles. The molecule has 0 saturated carbocycles. The van der Waals surface area contributed by atoms with Crippen molar-refractivity contribution in [1.29, 1.82) is 0 Å². The van der Waals surface area contributed by atoms with Crippen LogP contribution in [0, 0.1) is 5.92 Å². The summed E-state index contributed by atoms with van der Waals surface area (Å²) >= 11 is 0. The Bertz CT molecular complexity index is 157. The molecule has 3 heteroatoms. The third-order valence-electron chi connectivity index (χ3n) is 1.81. The smallest absolute Gasteiger partial charge is 0.248 e. The van der Waals surface area contributed by atoms with E-state index in [9.17, 15) is 4.79 Å². The first-order valence-corrected chi connectivity index (χ1v) is 4.06. The van der Waals surface area contributed by atoms with E-state index in [0.717, 1.165) is 12.8 Å². The summed E-state index contributed by atoms with van der Waals surface area (Å²) in [5.41, 5.74) is 0. The third-order valence-corrected chi connectivity index (χ3v) is 1.81. The van der Waals surface area contributed by atoms with E-state index in [-0.39, 0.29) is 11.8 Å². The number of carbonyl (C=O) groups is 1. The van der Waals surface area contributed by atoms with Crippen molar-refractivity contribution in [2.45, 2.75) is 19.8 Å². The molecular weight excluding hydrogens is 154 g/mol. The SMILES string of the molecule is C=CCC[C@@H](C)C(=O)N(C)OC. The topological polar surface area (TPSA) is 29.5 Å². The molecule has 3 nitrogen and oxygen atoms in total. The molecule has 0 aliphatic carbocycles. The lowest BCUT2D eigenvalue weighted by molar-refractivity contribution is -0.173. The predicted molar refractivity (Wildman–Crippen MR) is 48.4 cm³/mol. The minimum Gasteiger partial charge on any atom is -0.275 e. The van der Waals surface area contributed by atoms with Crippen molar-refractivity contribution in [2.75, 3.05) is 14.2 Å². The molecule has 12 heavy (non-hydrogen) atoms. The summed E-state index contributed by atoms with van der Waals surface area (Å²) in [6.07, 6.45) is 3.51. The van der Waals surface area contributed by atoms with Crippen LogP contribution in [0.25, 0.3) is 0 Å². The minimum atomic E-state index is 0.00736. The van der Waals surface area contributed by atoms with E-state index in [1.807, 2.05) is 13.0 Å². The monoisotopic (exact) mass is 171 g/mol. The van der Waals surface area contributed by atoms with Crippen LogP contribution < -0.4 is 0 Å². The fourth-order valence-electron chi connectivity index (χ4n) is 0.892. The molecule has 0 aliphatic heterocycles. The second-order valence-electron chi connectivity index (χ2n) is 2.79. The van der Waals surface area contributed by atoms with E-state index < -0.39 is 0 Å². The second kappa shape index (κ2) is 5.77. The van der Waals surface area contributed by atoms with Gasteiger partial charge in [0.2, 0.25) is 5.91 Å². The Morgan fingerprint density at radius 3 is 2.75 bits per heavy atom. The highest BCUT2D eigenvalue weighted by Gasteiger charge is 2.15. The van der Waals surface area contributed by atoms with Gasteiger partial charge in [-0.3, -0.25) is 9.63 Å². The lowest BCUT2D eigenvalue weighted by Gasteiger charge is -2.17. The molecule has 0 spiro atoms. The molecule has 0 fully saturated rings. The molecule has 0 aromatic heterocycles. The molecule has 1 amide bonds. The number of hydrogen-bond acceptors (Lipinski definition) is 2. The van der Waals surface area contributed by atoms with Gasteiger partial charge in [0, 0.05) is 13.0 Å². The molecule has 0 N–H and O–H groups in total. The van der Waals surface area contributed by atoms with E-state index in [2.05, 4.69) is 6.58 Å². The maximum absolute atomic E-state index is 11.3. The van der Waals surface area contributed by atoms with Crippen LogP contribution in [0.4, 0.5) is 0 Å². The Labute approximate surface area is 74.0 Å². The lowest BCUT2D eigenvalue weighted by Crippen LogP contribution is -2.30. The van der Waals surface area contributed by atoms with Crippen molar-refractivity contribution >= 4 is 5.91 Å². The van der Waals surface area contributed by atoms with Crippen LogP contribution in [0.2, 0.25) is 0 Å². The normalized spacial score (nSPS) is 12.2. The lowest BCUT2D eigenvalue weighted by atomic mass is 10.1. The minimum absolute atomic E-state index is 0.00736. The highest BCUT2D eigenvalue weighted by Crippen LogP contribution is 2.08. The van der Waals surface area contributed by atoms with E-state index >= 15 is 0 Å². The number of hydrogen-bond donors (Lipinski definition) is 0. The third kappa shape index (κ3) is 3.53. The number of carbonyl (C=O) groups excluding carboxylic acids is 1. The first-order valence-electron chi connectivity index (χ1n) is 4.06. The molecule has 0 rings (SSSR count). The fourth-order valence-corrected chi connectivity index (χ4v) is 0.892. The van der Waals surface area contributed by atoms with Gasteiger partial charge < -0.3 is 0 Å². The van der Waals surface area contributed by atoms with Gasteiger partial charge in [-0.1, -0.05) is 13.0 Å². The number of nitrogens with zero attached hydrogens (tertiary/aromatic N) is 1. The number of rotatable bonds is 5. The number of hydroxylamine groups is 2. The van der Waals surface area contributed by atoms with Gasteiger partial charge in [-0.05, 0) is 12.8 Å². The Balaban J connectivity index is 3.83. The summed E-state index contributed by atoms with van der Waals surface area (Å²) in [5.74, 6) is 0.0206. The molecule has 0 heterocycles. The highest BCUT2D eigenvalue weighted by atomic mass is 16.7. The van der Waals surface area contributed by atoms with E-state index in [1.165, 1.54) is 12.2 Å². The molecule has 1 atom stereocenters. The summed E-state index contributed by atoms with van der Waals surface area (Å²) in [4.78, 5) is 16.1. The highest BCUT2D eigenvalue weighted by molar-refractivity contribution is 5.77. The maximum atomic E-state index is 11.3. The van der Waals surface area contributed by atoms with E-state index in [4.69, 9.17) is 4.84 Å². The summed E-state index contributed by atoms with van der Waals surface area (Å²) < 4.78 is 0. The Morgan fingerprint density at radius 2 is 2.33 bits per heavy atom. The Kier molecular flexibility index (Phi) is 5.37. The standard InChI is InChI=1S/C9H17NO2/c1-5-6-7-8(2)9(11)10(3)12-4/h5,8H,1,6-7H2,2-4H3/t8-/m1/s1. The molecule has 70 valence electrons. The van der Waals surface area contributed by atoms with Crippen LogP contribution in [0.3, 0.4) is 0 Å². The van der Waals surface area contributed by atoms with Crippen molar-refractivity contribution in [3.63, 3.8) is 0 Å². The molecular formula is C9H17NO2.